The van der Waals surface area contributed by atoms with Gasteiger partial charge in [0.1, 0.15) is 10.9 Å². The summed E-state index contributed by atoms with van der Waals surface area (Å²) in [5.74, 6) is 0. The number of carbonyl (C=O) groups excluding carboxylic acids is 1. The van der Waals surface area contributed by atoms with Gasteiger partial charge < -0.3 is 4.74 Å². The number of methoxy groups -OCH3 is 1. The van der Waals surface area contributed by atoms with Crippen LogP contribution in [0.2, 0.25) is 0 Å². The molecule has 0 fully saturated rings. The molecule has 0 unspecified atom stereocenters. The summed E-state index contributed by atoms with van der Waals surface area (Å²) < 4.78 is 8.39. The van der Waals surface area contributed by atoms with Gasteiger partial charge in [-0.15, -0.1) is 0 Å². The standard InChI is InChI=1S/C9H10BrN5O2/c1-14-8(10)6(3-12-14)7-4-15(5-11-7)13-9(16)17-2/h3-5H,1-2H3,(H,13,16). The Bertz CT molecular complexity index is 547. The first kappa shape index (κ1) is 11.6. The third kappa shape index (κ3) is 2.31. The Labute approximate surface area is 105 Å². The molecule has 1 N–H and O–H groups in total. The van der Waals surface area contributed by atoms with Gasteiger partial charge in [-0.2, -0.15) is 5.10 Å². The van der Waals surface area contributed by atoms with Crippen LogP contribution in [-0.4, -0.2) is 32.6 Å². The largest absolute Gasteiger partial charge is 0.452 e. The molecule has 0 bridgehead atoms. The number of hydrogen-bond donors (Lipinski definition) is 1. The molecule has 0 atom stereocenters. The molecule has 0 aliphatic heterocycles. The molecule has 0 saturated heterocycles. The molecule has 2 aromatic heterocycles. The van der Waals surface area contributed by atoms with Gasteiger partial charge in [0.15, 0.2) is 0 Å². The number of aromatic nitrogens is 4. The number of ether oxygens (including phenoxy) is 1. The van der Waals surface area contributed by atoms with Gasteiger partial charge >= 0.3 is 6.09 Å². The van der Waals surface area contributed by atoms with E-state index in [0.717, 1.165) is 10.2 Å². The first-order valence-electron chi connectivity index (χ1n) is 4.68. The predicted octanol–water partition coefficient (Wildman–Crippen LogP) is 1.36. The van der Waals surface area contributed by atoms with Crippen LogP contribution in [0.1, 0.15) is 0 Å². The van der Waals surface area contributed by atoms with Gasteiger partial charge in [0.2, 0.25) is 0 Å². The molecule has 2 heterocycles. The zero-order chi connectivity index (χ0) is 12.4. The lowest BCUT2D eigenvalue weighted by Gasteiger charge is -2.01. The van der Waals surface area contributed by atoms with Gasteiger partial charge in [-0.05, 0) is 15.9 Å². The van der Waals surface area contributed by atoms with Crippen LogP contribution in [0.15, 0.2) is 23.3 Å². The molecule has 7 nitrogen and oxygen atoms in total. The highest BCUT2D eigenvalue weighted by Crippen LogP contribution is 2.25. The number of rotatable bonds is 2. The van der Waals surface area contributed by atoms with Crippen molar-refractivity contribution in [2.75, 3.05) is 12.5 Å². The quantitative estimate of drug-likeness (QED) is 0.908. The van der Waals surface area contributed by atoms with Gasteiger partial charge in [0.05, 0.1) is 30.8 Å². The number of hydrogen-bond acceptors (Lipinski definition) is 4. The highest BCUT2D eigenvalue weighted by Gasteiger charge is 2.11. The van der Waals surface area contributed by atoms with Crippen molar-refractivity contribution in [1.29, 1.82) is 0 Å². The predicted molar refractivity (Wildman–Crippen MR) is 63.9 cm³/mol. The summed E-state index contributed by atoms with van der Waals surface area (Å²) in [4.78, 5) is 15.1. The molecule has 0 aliphatic rings. The first-order chi connectivity index (χ1) is 8.11. The smallest absolute Gasteiger partial charge is 0.426 e. The van der Waals surface area contributed by atoms with E-state index >= 15 is 0 Å². The van der Waals surface area contributed by atoms with Gasteiger partial charge in [-0.3, -0.25) is 4.68 Å². The van der Waals surface area contributed by atoms with Crippen molar-refractivity contribution in [2.24, 2.45) is 7.05 Å². The SMILES string of the molecule is COC(=O)Nn1cnc(-c2cnn(C)c2Br)c1. The van der Waals surface area contributed by atoms with E-state index < -0.39 is 6.09 Å². The Hall–Kier alpha value is -1.83. The van der Waals surface area contributed by atoms with E-state index in [-0.39, 0.29) is 0 Å². The van der Waals surface area contributed by atoms with Crippen molar-refractivity contribution in [3.05, 3.63) is 23.3 Å². The van der Waals surface area contributed by atoms with Crippen LogP contribution in [0.3, 0.4) is 0 Å². The van der Waals surface area contributed by atoms with Crippen LogP contribution < -0.4 is 5.43 Å². The fourth-order valence-corrected chi connectivity index (χ4v) is 1.67. The minimum absolute atomic E-state index is 0.556. The Kier molecular flexibility index (Phi) is 3.14. The Morgan fingerprint density at radius 3 is 2.94 bits per heavy atom. The molecule has 17 heavy (non-hydrogen) atoms. The van der Waals surface area contributed by atoms with E-state index in [2.05, 4.69) is 36.2 Å². The second kappa shape index (κ2) is 4.58. The Morgan fingerprint density at radius 1 is 1.59 bits per heavy atom. The molecule has 0 aromatic carbocycles. The zero-order valence-corrected chi connectivity index (χ0v) is 10.8. The van der Waals surface area contributed by atoms with Crippen molar-refractivity contribution < 1.29 is 9.53 Å². The summed E-state index contributed by atoms with van der Waals surface area (Å²) in [5.41, 5.74) is 4.00. The monoisotopic (exact) mass is 299 g/mol. The van der Waals surface area contributed by atoms with Crippen molar-refractivity contribution in [3.63, 3.8) is 0 Å². The number of carbonyl (C=O) groups is 1. The van der Waals surface area contributed by atoms with Crippen molar-refractivity contribution in [1.82, 2.24) is 19.4 Å². The zero-order valence-electron chi connectivity index (χ0n) is 9.22. The molecule has 8 heteroatoms. The maximum atomic E-state index is 11.0. The lowest BCUT2D eigenvalue weighted by atomic mass is 10.3. The average molecular weight is 300 g/mol. The number of imidazole rings is 1. The first-order valence-corrected chi connectivity index (χ1v) is 5.48. The summed E-state index contributed by atoms with van der Waals surface area (Å²) >= 11 is 3.40. The summed E-state index contributed by atoms with van der Waals surface area (Å²) in [5, 5.41) is 4.09. The average Bonchev–Trinajstić information content (AvgIpc) is 2.88. The number of aryl methyl sites for hydroxylation is 1. The summed E-state index contributed by atoms with van der Waals surface area (Å²) in [6.45, 7) is 0. The van der Waals surface area contributed by atoms with E-state index in [9.17, 15) is 4.79 Å². The van der Waals surface area contributed by atoms with Gasteiger partial charge in [-0.1, -0.05) is 0 Å². The van der Waals surface area contributed by atoms with Gasteiger partial charge in [0, 0.05) is 7.05 Å². The molecule has 0 saturated carbocycles. The molecule has 0 spiro atoms. The van der Waals surface area contributed by atoms with Crippen molar-refractivity contribution >= 4 is 22.0 Å². The molecular weight excluding hydrogens is 290 g/mol. The van der Waals surface area contributed by atoms with Gasteiger partial charge in [0.25, 0.3) is 0 Å². The topological polar surface area (TPSA) is 74.0 Å². The minimum atomic E-state index is -0.556. The Balaban J connectivity index is 2.24. The lowest BCUT2D eigenvalue weighted by Crippen LogP contribution is -2.20. The number of amides is 1. The molecule has 2 aromatic rings. The van der Waals surface area contributed by atoms with E-state index in [1.165, 1.54) is 18.1 Å². The maximum Gasteiger partial charge on any atom is 0.426 e. The molecule has 0 radical (unpaired) electrons. The fourth-order valence-electron chi connectivity index (χ4n) is 1.27. The normalized spacial score (nSPS) is 10.3. The van der Waals surface area contributed by atoms with Crippen LogP contribution in [0.5, 0.6) is 0 Å². The van der Waals surface area contributed by atoms with Crippen LogP contribution in [0, 0.1) is 0 Å². The minimum Gasteiger partial charge on any atom is -0.452 e. The van der Waals surface area contributed by atoms with Crippen LogP contribution in [0.4, 0.5) is 4.79 Å². The molecular formula is C9H10BrN5O2. The number of nitrogens with zero attached hydrogens (tertiary/aromatic N) is 4. The second-order valence-electron chi connectivity index (χ2n) is 3.24. The lowest BCUT2D eigenvalue weighted by molar-refractivity contribution is 0.183. The molecule has 1 amide bonds. The fraction of sp³-hybridized carbons (Fsp3) is 0.222. The highest BCUT2D eigenvalue weighted by molar-refractivity contribution is 9.10. The van der Waals surface area contributed by atoms with E-state index in [1.54, 1.807) is 17.1 Å². The van der Waals surface area contributed by atoms with Gasteiger partial charge in [-0.25, -0.2) is 19.9 Å². The van der Waals surface area contributed by atoms with E-state index in [4.69, 9.17) is 0 Å². The van der Waals surface area contributed by atoms with Crippen LogP contribution in [0.25, 0.3) is 11.3 Å². The third-order valence-electron chi connectivity index (χ3n) is 2.13. The summed E-state index contributed by atoms with van der Waals surface area (Å²) in [7, 11) is 3.11. The van der Waals surface area contributed by atoms with Crippen LogP contribution in [-0.2, 0) is 11.8 Å². The summed E-state index contributed by atoms with van der Waals surface area (Å²) in [6.07, 6.45) is 4.28. The number of halogens is 1. The Morgan fingerprint density at radius 2 is 2.35 bits per heavy atom. The van der Waals surface area contributed by atoms with Crippen molar-refractivity contribution in [3.8, 4) is 11.3 Å². The highest BCUT2D eigenvalue weighted by atomic mass is 79.9. The number of nitrogens with one attached hydrogen (secondary N) is 1. The summed E-state index contributed by atoms with van der Waals surface area (Å²) in [6, 6.07) is 0. The second-order valence-corrected chi connectivity index (χ2v) is 3.99. The maximum absolute atomic E-state index is 11.0. The van der Waals surface area contributed by atoms with E-state index in [1.807, 2.05) is 7.05 Å². The van der Waals surface area contributed by atoms with Crippen molar-refractivity contribution in [2.45, 2.75) is 0 Å². The molecule has 90 valence electrons. The molecule has 0 aliphatic carbocycles. The van der Waals surface area contributed by atoms with E-state index in [0.29, 0.717) is 5.69 Å². The third-order valence-corrected chi connectivity index (χ3v) is 3.07. The molecule has 2 rings (SSSR count). The van der Waals surface area contributed by atoms with Crippen LogP contribution >= 0.6 is 15.9 Å².